The van der Waals surface area contributed by atoms with Crippen LogP contribution < -0.4 is 5.32 Å². The zero-order valence-electron chi connectivity index (χ0n) is 11.2. The summed E-state index contributed by atoms with van der Waals surface area (Å²) in [6.45, 7) is 0.917. The third-order valence-electron chi connectivity index (χ3n) is 3.94. The molecule has 100 valence electrons. The van der Waals surface area contributed by atoms with E-state index in [9.17, 15) is 0 Å². The van der Waals surface area contributed by atoms with Crippen LogP contribution in [-0.2, 0) is 13.0 Å². The number of hydrogen-bond acceptors (Lipinski definition) is 1. The van der Waals surface area contributed by atoms with E-state index in [1.54, 1.807) is 0 Å². The molecule has 1 aliphatic carbocycles. The van der Waals surface area contributed by atoms with Crippen LogP contribution in [0.3, 0.4) is 0 Å². The Kier molecular flexibility index (Phi) is 3.63. The van der Waals surface area contributed by atoms with Crippen molar-refractivity contribution in [1.29, 1.82) is 0 Å². The smallest absolute Gasteiger partial charge is 0.0470 e. The third kappa shape index (κ3) is 2.70. The van der Waals surface area contributed by atoms with Gasteiger partial charge in [-0.1, -0.05) is 23.7 Å². The quantitative estimate of drug-likeness (QED) is 0.901. The van der Waals surface area contributed by atoms with Gasteiger partial charge < -0.3 is 9.88 Å². The average molecular weight is 275 g/mol. The average Bonchev–Trinajstić information content (AvgIpc) is 2.83. The van der Waals surface area contributed by atoms with Crippen LogP contribution in [0.15, 0.2) is 36.7 Å². The van der Waals surface area contributed by atoms with Gasteiger partial charge in [-0.25, -0.2) is 0 Å². The molecule has 0 spiro atoms. The third-order valence-corrected chi connectivity index (χ3v) is 4.19. The topological polar surface area (TPSA) is 17.0 Å². The van der Waals surface area contributed by atoms with Gasteiger partial charge in [-0.3, -0.25) is 0 Å². The van der Waals surface area contributed by atoms with E-state index in [0.29, 0.717) is 6.04 Å². The Morgan fingerprint density at radius 1 is 1.26 bits per heavy atom. The van der Waals surface area contributed by atoms with Crippen LogP contribution in [0.2, 0.25) is 5.02 Å². The normalized spacial score (nSPS) is 18.3. The molecule has 0 bridgehead atoms. The second kappa shape index (κ2) is 5.40. The van der Waals surface area contributed by atoms with E-state index >= 15 is 0 Å². The van der Waals surface area contributed by atoms with Crippen LogP contribution >= 0.6 is 11.6 Å². The van der Waals surface area contributed by atoms with Crippen LogP contribution in [0.25, 0.3) is 0 Å². The highest BCUT2D eigenvalue weighted by atomic mass is 35.5. The predicted molar refractivity (Wildman–Crippen MR) is 79.7 cm³/mol. The van der Waals surface area contributed by atoms with E-state index in [0.717, 1.165) is 11.6 Å². The molecule has 1 aliphatic rings. The lowest BCUT2D eigenvalue weighted by Gasteiger charge is -2.21. The number of rotatable bonds is 3. The minimum absolute atomic E-state index is 0.523. The summed E-state index contributed by atoms with van der Waals surface area (Å²) in [5, 5.41) is 4.21. The van der Waals surface area contributed by atoms with Crippen molar-refractivity contribution in [3.05, 3.63) is 58.4 Å². The zero-order chi connectivity index (χ0) is 13.2. The van der Waals surface area contributed by atoms with E-state index in [2.05, 4.69) is 41.5 Å². The zero-order valence-corrected chi connectivity index (χ0v) is 12.0. The Morgan fingerprint density at radius 3 is 2.79 bits per heavy atom. The number of hydrogen-bond donors (Lipinski definition) is 1. The first-order chi connectivity index (χ1) is 9.26. The summed E-state index contributed by atoms with van der Waals surface area (Å²) in [7, 11) is 2.05. The number of nitrogens with one attached hydrogen (secondary N) is 1. The molecule has 3 rings (SSSR count). The second-order valence-electron chi connectivity index (χ2n) is 5.27. The first-order valence-electron chi connectivity index (χ1n) is 6.86. The molecule has 1 unspecified atom stereocenters. The molecular weight excluding hydrogens is 256 g/mol. The summed E-state index contributed by atoms with van der Waals surface area (Å²) in [6.07, 6.45) is 8.33. The number of nitrogens with zero attached hydrogens (tertiary/aromatic N) is 1. The van der Waals surface area contributed by atoms with Crippen molar-refractivity contribution in [2.45, 2.75) is 31.8 Å². The van der Waals surface area contributed by atoms with Gasteiger partial charge in [-0.05, 0) is 55.1 Å². The molecule has 3 heteroatoms. The van der Waals surface area contributed by atoms with E-state index in [-0.39, 0.29) is 0 Å². The van der Waals surface area contributed by atoms with Gasteiger partial charge in [0.1, 0.15) is 0 Å². The van der Waals surface area contributed by atoms with Gasteiger partial charge in [0, 0.05) is 30.0 Å². The minimum atomic E-state index is 0.523. The largest absolute Gasteiger partial charge is 0.349 e. The molecule has 1 aromatic heterocycles. The fraction of sp³-hybridized carbons (Fsp3) is 0.375. The maximum Gasteiger partial charge on any atom is 0.0470 e. The molecule has 2 nitrogen and oxygen atoms in total. The number of benzene rings is 1. The highest BCUT2D eigenvalue weighted by Crippen LogP contribution is 2.30. The molecule has 1 N–H and O–H groups in total. The summed E-state index contributed by atoms with van der Waals surface area (Å²) >= 11 is 5.92. The van der Waals surface area contributed by atoms with Crippen molar-refractivity contribution in [1.82, 2.24) is 9.88 Å². The van der Waals surface area contributed by atoms with Gasteiger partial charge in [-0.2, -0.15) is 0 Å². The Hall–Kier alpha value is -1.25. The Bertz CT molecular complexity index is 557. The maximum atomic E-state index is 5.92. The molecule has 0 saturated heterocycles. The molecule has 1 atom stereocenters. The number of aryl methyl sites for hydroxylation is 1. The lowest BCUT2D eigenvalue weighted by molar-refractivity contribution is 0.498. The van der Waals surface area contributed by atoms with Crippen LogP contribution in [0.1, 0.15) is 35.6 Å². The van der Waals surface area contributed by atoms with Gasteiger partial charge in [0.2, 0.25) is 0 Å². The Labute approximate surface area is 119 Å². The van der Waals surface area contributed by atoms with Crippen molar-refractivity contribution in [2.75, 3.05) is 7.05 Å². The van der Waals surface area contributed by atoms with Gasteiger partial charge >= 0.3 is 0 Å². The summed E-state index contributed by atoms with van der Waals surface area (Å²) in [5.41, 5.74) is 4.26. The lowest BCUT2D eigenvalue weighted by Crippen LogP contribution is -2.20. The van der Waals surface area contributed by atoms with Crippen molar-refractivity contribution in [3.8, 4) is 0 Å². The fourth-order valence-electron chi connectivity index (χ4n) is 2.94. The van der Waals surface area contributed by atoms with Crippen LogP contribution in [0.4, 0.5) is 0 Å². The van der Waals surface area contributed by atoms with Gasteiger partial charge in [0.05, 0.1) is 0 Å². The minimum Gasteiger partial charge on any atom is -0.349 e. The van der Waals surface area contributed by atoms with Gasteiger partial charge in [0.25, 0.3) is 0 Å². The predicted octanol–water partition coefficient (Wildman–Crippen LogP) is 3.79. The standard InChI is InChI=1S/C16H19ClN2/c1-18-16-4-2-3-13-10-19(11-15(13)16)9-12-5-7-14(17)8-6-12/h5-8,10-11,16,18H,2-4,9H2,1H3. The SMILES string of the molecule is CNC1CCCc2cn(Cc3ccc(Cl)cc3)cc21. The second-order valence-corrected chi connectivity index (χ2v) is 5.71. The molecule has 0 radical (unpaired) electrons. The van der Waals surface area contributed by atoms with Gasteiger partial charge in [-0.15, -0.1) is 0 Å². The van der Waals surface area contributed by atoms with Crippen molar-refractivity contribution >= 4 is 11.6 Å². The highest BCUT2D eigenvalue weighted by molar-refractivity contribution is 6.30. The monoisotopic (exact) mass is 274 g/mol. The number of aromatic nitrogens is 1. The first kappa shape index (κ1) is 12.8. The summed E-state index contributed by atoms with van der Waals surface area (Å²) in [5.74, 6) is 0. The van der Waals surface area contributed by atoms with Crippen LogP contribution in [0.5, 0.6) is 0 Å². The lowest BCUT2D eigenvalue weighted by atomic mass is 9.91. The summed E-state index contributed by atoms with van der Waals surface area (Å²) < 4.78 is 2.30. The first-order valence-corrected chi connectivity index (χ1v) is 7.24. The van der Waals surface area contributed by atoms with Crippen LogP contribution in [-0.4, -0.2) is 11.6 Å². The van der Waals surface area contributed by atoms with Crippen molar-refractivity contribution in [2.24, 2.45) is 0 Å². The molecule has 0 amide bonds. The highest BCUT2D eigenvalue weighted by Gasteiger charge is 2.20. The molecule has 0 saturated carbocycles. The van der Waals surface area contributed by atoms with E-state index in [1.165, 1.54) is 36.0 Å². The Morgan fingerprint density at radius 2 is 2.05 bits per heavy atom. The number of fused-ring (bicyclic) bond motifs is 1. The molecule has 1 heterocycles. The van der Waals surface area contributed by atoms with Gasteiger partial charge in [0.15, 0.2) is 0 Å². The van der Waals surface area contributed by atoms with E-state index < -0.39 is 0 Å². The maximum absolute atomic E-state index is 5.92. The molecule has 19 heavy (non-hydrogen) atoms. The van der Waals surface area contributed by atoms with E-state index in [1.807, 2.05) is 12.1 Å². The molecule has 2 aromatic rings. The molecule has 1 aromatic carbocycles. The van der Waals surface area contributed by atoms with E-state index in [4.69, 9.17) is 11.6 Å². The molecular formula is C16H19ClN2. The Balaban J connectivity index is 1.82. The summed E-state index contributed by atoms with van der Waals surface area (Å²) in [4.78, 5) is 0. The number of halogens is 1. The van der Waals surface area contributed by atoms with Crippen molar-refractivity contribution < 1.29 is 0 Å². The molecule has 0 fully saturated rings. The van der Waals surface area contributed by atoms with Crippen LogP contribution in [0, 0.1) is 0 Å². The molecule has 0 aliphatic heterocycles. The fourth-order valence-corrected chi connectivity index (χ4v) is 3.07. The summed E-state index contributed by atoms with van der Waals surface area (Å²) in [6, 6.07) is 8.62. The van der Waals surface area contributed by atoms with Crippen molar-refractivity contribution in [3.63, 3.8) is 0 Å².